The molecule has 5 rings (SSSR count). The Bertz CT molecular complexity index is 729. The molecule has 2 aromatic rings. The van der Waals surface area contributed by atoms with Gasteiger partial charge >= 0.3 is 5.97 Å². The number of piperazine rings is 1. The molecule has 3 fully saturated rings. The summed E-state index contributed by atoms with van der Waals surface area (Å²) in [6, 6.07) is 17.1. The predicted octanol–water partition coefficient (Wildman–Crippen LogP) is 2.90. The molecule has 2 atom stereocenters. The second-order valence-corrected chi connectivity index (χ2v) is 6.76. The molecule has 1 N–H and O–H groups in total. The minimum atomic E-state index is -0.251. The fraction of sp³-hybridized carbons (Fsp3) is 0.350. The number of aryl methyl sites for hydroxylation is 1. The highest BCUT2D eigenvalue weighted by Gasteiger charge is 2.36. The lowest BCUT2D eigenvalue weighted by Crippen LogP contribution is -2.67. The Morgan fingerprint density at radius 3 is 2.58 bits per heavy atom. The van der Waals surface area contributed by atoms with Crippen LogP contribution in [0.15, 0.2) is 48.5 Å². The van der Waals surface area contributed by atoms with Gasteiger partial charge in [-0.1, -0.05) is 36.4 Å². The molecule has 0 saturated carbocycles. The van der Waals surface area contributed by atoms with Gasteiger partial charge in [-0.15, -0.1) is 0 Å². The van der Waals surface area contributed by atoms with Crippen LogP contribution in [0, 0.1) is 6.92 Å². The lowest BCUT2D eigenvalue weighted by molar-refractivity contribution is 0.0472. The van der Waals surface area contributed by atoms with E-state index in [1.165, 1.54) is 6.42 Å². The summed E-state index contributed by atoms with van der Waals surface area (Å²) in [6.45, 7) is 4.29. The van der Waals surface area contributed by atoms with Crippen LogP contribution in [0.1, 0.15) is 27.9 Å². The molecule has 4 heteroatoms. The first-order valence-corrected chi connectivity index (χ1v) is 8.52. The van der Waals surface area contributed by atoms with Gasteiger partial charge in [0, 0.05) is 30.9 Å². The van der Waals surface area contributed by atoms with Crippen LogP contribution >= 0.6 is 0 Å². The quantitative estimate of drug-likeness (QED) is 0.879. The van der Waals surface area contributed by atoms with Crippen LogP contribution in [-0.2, 0) is 11.3 Å². The maximum Gasteiger partial charge on any atom is 0.338 e. The van der Waals surface area contributed by atoms with Gasteiger partial charge < -0.3 is 15.0 Å². The van der Waals surface area contributed by atoms with Gasteiger partial charge in [0.1, 0.15) is 6.61 Å². The van der Waals surface area contributed by atoms with Crippen molar-refractivity contribution in [2.45, 2.75) is 32.0 Å². The summed E-state index contributed by atoms with van der Waals surface area (Å²) < 4.78 is 5.50. The molecular weight excluding hydrogens is 300 g/mol. The SMILES string of the molecule is Cc1ccc(N2C[C@H]3C[C@@H](C2)N3)cc1C(=O)OCc1ccccc1. The maximum absolute atomic E-state index is 12.5. The van der Waals surface area contributed by atoms with Crippen LogP contribution in [0.25, 0.3) is 0 Å². The fourth-order valence-electron chi connectivity index (χ4n) is 3.55. The summed E-state index contributed by atoms with van der Waals surface area (Å²) in [5.74, 6) is -0.251. The van der Waals surface area contributed by atoms with Crippen LogP contribution in [0.3, 0.4) is 0 Å². The van der Waals surface area contributed by atoms with Crippen molar-refractivity contribution in [3.63, 3.8) is 0 Å². The van der Waals surface area contributed by atoms with Gasteiger partial charge in [0.15, 0.2) is 0 Å². The van der Waals surface area contributed by atoms with Crippen LogP contribution < -0.4 is 10.2 Å². The number of anilines is 1. The normalized spacial score (nSPS) is 22.0. The lowest BCUT2D eigenvalue weighted by atomic mass is 9.91. The second kappa shape index (κ2) is 6.29. The van der Waals surface area contributed by atoms with Crippen LogP contribution in [0.2, 0.25) is 0 Å². The number of hydrogen-bond acceptors (Lipinski definition) is 4. The lowest BCUT2D eigenvalue weighted by Gasteiger charge is -2.49. The van der Waals surface area contributed by atoms with Crippen molar-refractivity contribution in [1.82, 2.24) is 5.32 Å². The average Bonchev–Trinajstić information content (AvgIpc) is 2.60. The Labute approximate surface area is 142 Å². The third-order valence-electron chi connectivity index (χ3n) is 4.94. The van der Waals surface area contributed by atoms with E-state index in [4.69, 9.17) is 4.74 Å². The van der Waals surface area contributed by atoms with E-state index < -0.39 is 0 Å². The monoisotopic (exact) mass is 322 g/mol. The molecule has 3 saturated heterocycles. The summed E-state index contributed by atoms with van der Waals surface area (Å²) in [6.07, 6.45) is 1.27. The molecule has 3 aliphatic rings. The van der Waals surface area contributed by atoms with Crippen LogP contribution in [-0.4, -0.2) is 31.1 Å². The highest BCUT2D eigenvalue weighted by Crippen LogP contribution is 2.28. The Morgan fingerprint density at radius 2 is 1.88 bits per heavy atom. The average molecular weight is 322 g/mol. The number of carbonyl (C=O) groups is 1. The van der Waals surface area contributed by atoms with E-state index in [-0.39, 0.29) is 5.97 Å². The van der Waals surface area contributed by atoms with E-state index in [2.05, 4.69) is 16.3 Å². The first-order valence-electron chi connectivity index (χ1n) is 8.52. The first kappa shape index (κ1) is 15.2. The zero-order valence-corrected chi connectivity index (χ0v) is 13.9. The van der Waals surface area contributed by atoms with Crippen LogP contribution in [0.4, 0.5) is 5.69 Å². The van der Waals surface area contributed by atoms with Gasteiger partial charge in [0.25, 0.3) is 0 Å². The zero-order valence-electron chi connectivity index (χ0n) is 13.9. The highest BCUT2D eigenvalue weighted by molar-refractivity contribution is 5.92. The van der Waals surface area contributed by atoms with Crippen molar-refractivity contribution in [3.8, 4) is 0 Å². The molecule has 3 heterocycles. The molecule has 0 spiro atoms. The number of hydrogen-bond donors (Lipinski definition) is 1. The molecule has 124 valence electrons. The van der Waals surface area contributed by atoms with E-state index in [0.29, 0.717) is 24.3 Å². The number of fused-ring (bicyclic) bond motifs is 2. The number of nitrogens with one attached hydrogen (secondary N) is 1. The third-order valence-corrected chi connectivity index (χ3v) is 4.94. The fourth-order valence-corrected chi connectivity index (χ4v) is 3.55. The third kappa shape index (κ3) is 3.02. The van der Waals surface area contributed by atoms with Crippen molar-refractivity contribution in [1.29, 1.82) is 0 Å². The van der Waals surface area contributed by atoms with E-state index >= 15 is 0 Å². The number of carbonyl (C=O) groups excluding carboxylic acids is 1. The van der Waals surface area contributed by atoms with Gasteiger partial charge in [-0.25, -0.2) is 4.79 Å². The number of ether oxygens (including phenoxy) is 1. The maximum atomic E-state index is 12.5. The predicted molar refractivity (Wildman–Crippen MR) is 94.3 cm³/mol. The van der Waals surface area contributed by atoms with Crippen molar-refractivity contribution in [2.75, 3.05) is 18.0 Å². The number of piperidine rings is 1. The van der Waals surface area contributed by atoms with Gasteiger partial charge in [0.05, 0.1) is 5.56 Å². The summed E-state index contributed by atoms with van der Waals surface area (Å²) in [5.41, 5.74) is 3.73. The van der Waals surface area contributed by atoms with Gasteiger partial charge in [-0.2, -0.15) is 0 Å². The van der Waals surface area contributed by atoms with E-state index in [1.54, 1.807) is 0 Å². The standard InChI is InChI=1S/C20H22N2O2/c1-14-7-8-18(22-11-16-9-17(12-22)21-16)10-19(14)20(23)24-13-15-5-3-2-4-6-15/h2-8,10,16-17,21H,9,11-13H2,1H3/t16-,17+. The zero-order chi connectivity index (χ0) is 16.5. The summed E-state index contributed by atoms with van der Waals surface area (Å²) in [5, 5.41) is 3.53. The second-order valence-electron chi connectivity index (χ2n) is 6.76. The first-order chi connectivity index (χ1) is 11.7. The molecule has 2 aromatic carbocycles. The molecular formula is C20H22N2O2. The molecule has 3 aliphatic heterocycles. The number of nitrogens with zero attached hydrogens (tertiary/aromatic N) is 1. The molecule has 0 aromatic heterocycles. The van der Waals surface area contributed by atoms with Crippen molar-refractivity contribution >= 4 is 11.7 Å². The van der Waals surface area contributed by atoms with Crippen molar-refractivity contribution in [3.05, 3.63) is 65.2 Å². The molecule has 0 aliphatic carbocycles. The van der Waals surface area contributed by atoms with E-state index in [1.807, 2.05) is 49.4 Å². The van der Waals surface area contributed by atoms with Gasteiger partial charge in [-0.3, -0.25) is 0 Å². The van der Waals surface area contributed by atoms with Gasteiger partial charge in [-0.05, 0) is 36.6 Å². The number of benzene rings is 2. The van der Waals surface area contributed by atoms with Crippen molar-refractivity contribution in [2.24, 2.45) is 0 Å². The Kier molecular flexibility index (Phi) is 3.98. The summed E-state index contributed by atoms with van der Waals surface area (Å²) in [4.78, 5) is 14.9. The minimum absolute atomic E-state index is 0.251. The largest absolute Gasteiger partial charge is 0.457 e. The molecule has 0 unspecified atom stereocenters. The topological polar surface area (TPSA) is 41.6 Å². The molecule has 24 heavy (non-hydrogen) atoms. The molecule has 0 radical (unpaired) electrons. The number of rotatable bonds is 4. The smallest absolute Gasteiger partial charge is 0.338 e. The Hall–Kier alpha value is -2.33. The minimum Gasteiger partial charge on any atom is -0.457 e. The van der Waals surface area contributed by atoms with E-state index in [9.17, 15) is 4.79 Å². The Balaban J connectivity index is 1.47. The molecule has 4 nitrogen and oxygen atoms in total. The molecule has 2 bridgehead atoms. The van der Waals surface area contributed by atoms with Crippen molar-refractivity contribution < 1.29 is 9.53 Å². The van der Waals surface area contributed by atoms with Gasteiger partial charge in [0.2, 0.25) is 0 Å². The highest BCUT2D eigenvalue weighted by atomic mass is 16.5. The molecule has 0 amide bonds. The number of esters is 1. The summed E-state index contributed by atoms with van der Waals surface area (Å²) in [7, 11) is 0. The van der Waals surface area contributed by atoms with E-state index in [0.717, 1.165) is 29.9 Å². The Morgan fingerprint density at radius 1 is 1.17 bits per heavy atom. The summed E-state index contributed by atoms with van der Waals surface area (Å²) >= 11 is 0. The van der Waals surface area contributed by atoms with Crippen LogP contribution in [0.5, 0.6) is 0 Å².